The average molecular weight is 258 g/mol. The molecule has 13 heavy (non-hydrogen) atoms. The van der Waals surface area contributed by atoms with E-state index in [-0.39, 0.29) is 11.2 Å². The van der Waals surface area contributed by atoms with Gasteiger partial charge in [-0.1, -0.05) is 15.9 Å². The van der Waals surface area contributed by atoms with E-state index in [9.17, 15) is 4.79 Å². The second kappa shape index (κ2) is 3.35. The van der Waals surface area contributed by atoms with Gasteiger partial charge < -0.3 is 5.32 Å². The van der Waals surface area contributed by atoms with E-state index in [4.69, 9.17) is 0 Å². The second-order valence-electron chi connectivity index (χ2n) is 2.89. The van der Waals surface area contributed by atoms with Crippen LogP contribution in [0.1, 0.15) is 6.92 Å². The standard InChI is InChI=1S/C9H8BrNOS/c1-5-9(12)11-7-3-2-6(10)4-8(7)13-5/h2-5H,1H3,(H,11,12). The molecule has 0 spiro atoms. The molecule has 2 rings (SSSR count). The molecule has 1 amide bonds. The summed E-state index contributed by atoms with van der Waals surface area (Å²) >= 11 is 4.99. The van der Waals surface area contributed by atoms with E-state index in [0.29, 0.717) is 0 Å². The molecule has 68 valence electrons. The van der Waals surface area contributed by atoms with Gasteiger partial charge in [-0.05, 0) is 25.1 Å². The fourth-order valence-electron chi connectivity index (χ4n) is 1.18. The lowest BCUT2D eigenvalue weighted by molar-refractivity contribution is -0.115. The van der Waals surface area contributed by atoms with Crippen LogP contribution in [0.4, 0.5) is 5.69 Å². The monoisotopic (exact) mass is 257 g/mol. The number of carbonyl (C=O) groups is 1. The molecule has 2 nitrogen and oxygen atoms in total. The summed E-state index contributed by atoms with van der Waals surface area (Å²) in [5.74, 6) is 0.0832. The number of carbonyl (C=O) groups excluding carboxylic acids is 1. The van der Waals surface area contributed by atoms with Gasteiger partial charge in [-0.15, -0.1) is 11.8 Å². The van der Waals surface area contributed by atoms with Gasteiger partial charge in [-0.3, -0.25) is 4.79 Å². The number of rotatable bonds is 0. The summed E-state index contributed by atoms with van der Waals surface area (Å²) in [5, 5.41) is 2.86. The van der Waals surface area contributed by atoms with Crippen LogP contribution in [-0.4, -0.2) is 11.2 Å². The molecule has 4 heteroatoms. The normalized spacial score (nSPS) is 20.8. The van der Waals surface area contributed by atoms with Gasteiger partial charge in [0.25, 0.3) is 0 Å². The van der Waals surface area contributed by atoms with Gasteiger partial charge in [0.2, 0.25) is 5.91 Å². The first-order valence-electron chi connectivity index (χ1n) is 3.94. The van der Waals surface area contributed by atoms with Crippen molar-refractivity contribution in [3.63, 3.8) is 0 Å². The van der Waals surface area contributed by atoms with E-state index in [2.05, 4.69) is 21.2 Å². The van der Waals surface area contributed by atoms with E-state index in [1.54, 1.807) is 11.8 Å². The number of fused-ring (bicyclic) bond motifs is 1. The quantitative estimate of drug-likeness (QED) is 0.775. The fraction of sp³-hybridized carbons (Fsp3) is 0.222. The molecule has 0 saturated carbocycles. The summed E-state index contributed by atoms with van der Waals surface area (Å²) in [5.41, 5.74) is 0.913. The van der Waals surface area contributed by atoms with E-state index >= 15 is 0 Å². The SMILES string of the molecule is CC1Sc2cc(Br)ccc2NC1=O. The molecule has 1 aromatic rings. The van der Waals surface area contributed by atoms with Crippen molar-refractivity contribution in [2.45, 2.75) is 17.1 Å². The molecule has 1 unspecified atom stereocenters. The Balaban J connectivity index is 2.42. The number of anilines is 1. The number of halogens is 1. The minimum atomic E-state index is 0.00167. The zero-order chi connectivity index (χ0) is 9.42. The predicted molar refractivity (Wildman–Crippen MR) is 58.1 cm³/mol. The summed E-state index contributed by atoms with van der Waals surface area (Å²) in [6.07, 6.45) is 0. The van der Waals surface area contributed by atoms with Crippen molar-refractivity contribution < 1.29 is 4.79 Å². The molecule has 0 radical (unpaired) electrons. The van der Waals surface area contributed by atoms with Crippen LogP contribution in [0.2, 0.25) is 0 Å². The van der Waals surface area contributed by atoms with E-state index in [0.717, 1.165) is 15.1 Å². The molecule has 0 bridgehead atoms. The maximum atomic E-state index is 11.3. The molecule has 1 aromatic carbocycles. The van der Waals surface area contributed by atoms with E-state index in [1.165, 1.54) is 0 Å². The van der Waals surface area contributed by atoms with Gasteiger partial charge in [0, 0.05) is 9.37 Å². The van der Waals surface area contributed by atoms with Crippen molar-refractivity contribution in [3.05, 3.63) is 22.7 Å². The third-order valence-corrected chi connectivity index (χ3v) is 3.53. The van der Waals surface area contributed by atoms with Crippen LogP contribution in [0, 0.1) is 0 Å². The Kier molecular flexibility index (Phi) is 2.34. The van der Waals surface area contributed by atoms with Crippen LogP contribution in [0.15, 0.2) is 27.6 Å². The molecule has 0 saturated heterocycles. The number of hydrogen-bond donors (Lipinski definition) is 1. The third kappa shape index (κ3) is 1.74. The fourth-order valence-corrected chi connectivity index (χ4v) is 2.68. The van der Waals surface area contributed by atoms with Gasteiger partial charge in [0.05, 0.1) is 10.9 Å². The molecule has 0 aliphatic carbocycles. The van der Waals surface area contributed by atoms with Crippen molar-refractivity contribution >= 4 is 39.3 Å². The van der Waals surface area contributed by atoms with Gasteiger partial charge >= 0.3 is 0 Å². The molecular formula is C9H8BrNOS. The van der Waals surface area contributed by atoms with Crippen LogP contribution in [0.25, 0.3) is 0 Å². The topological polar surface area (TPSA) is 29.1 Å². The minimum Gasteiger partial charge on any atom is -0.324 e. The minimum absolute atomic E-state index is 0.00167. The Morgan fingerprint density at radius 2 is 2.31 bits per heavy atom. The highest BCUT2D eigenvalue weighted by atomic mass is 79.9. The van der Waals surface area contributed by atoms with Crippen LogP contribution in [0.3, 0.4) is 0 Å². The Morgan fingerprint density at radius 3 is 3.08 bits per heavy atom. The number of thioether (sulfide) groups is 1. The lowest BCUT2D eigenvalue weighted by Gasteiger charge is -2.21. The number of hydrogen-bond acceptors (Lipinski definition) is 2. The lowest BCUT2D eigenvalue weighted by atomic mass is 10.3. The van der Waals surface area contributed by atoms with E-state index in [1.807, 2.05) is 25.1 Å². The third-order valence-electron chi connectivity index (χ3n) is 1.87. The summed E-state index contributed by atoms with van der Waals surface area (Å²) in [6.45, 7) is 1.91. The number of benzene rings is 1. The van der Waals surface area contributed by atoms with Crippen LogP contribution in [-0.2, 0) is 4.79 Å². The zero-order valence-corrected chi connectivity index (χ0v) is 9.41. The van der Waals surface area contributed by atoms with Crippen LogP contribution in [0.5, 0.6) is 0 Å². The first-order valence-corrected chi connectivity index (χ1v) is 5.61. The molecular weight excluding hydrogens is 250 g/mol. The molecule has 1 aliphatic rings. The van der Waals surface area contributed by atoms with Crippen LogP contribution < -0.4 is 5.32 Å². The maximum Gasteiger partial charge on any atom is 0.237 e. The summed E-state index contributed by atoms with van der Waals surface area (Å²) in [7, 11) is 0. The lowest BCUT2D eigenvalue weighted by Crippen LogP contribution is -2.26. The Hall–Kier alpha value is -0.480. The summed E-state index contributed by atoms with van der Waals surface area (Å²) in [6, 6.07) is 5.86. The molecule has 1 aliphatic heterocycles. The molecule has 1 atom stereocenters. The van der Waals surface area contributed by atoms with Crippen molar-refractivity contribution in [2.24, 2.45) is 0 Å². The first kappa shape index (κ1) is 9.09. The largest absolute Gasteiger partial charge is 0.324 e. The Labute approximate surface area is 89.2 Å². The maximum absolute atomic E-state index is 11.3. The van der Waals surface area contributed by atoms with Gasteiger partial charge in [-0.2, -0.15) is 0 Å². The predicted octanol–water partition coefficient (Wildman–Crippen LogP) is 2.88. The highest BCUT2D eigenvalue weighted by molar-refractivity contribution is 9.10. The average Bonchev–Trinajstić information content (AvgIpc) is 2.08. The molecule has 1 heterocycles. The van der Waals surface area contributed by atoms with Crippen molar-refractivity contribution in [1.29, 1.82) is 0 Å². The van der Waals surface area contributed by atoms with Gasteiger partial charge in [-0.25, -0.2) is 0 Å². The number of nitrogens with one attached hydrogen (secondary N) is 1. The van der Waals surface area contributed by atoms with Crippen molar-refractivity contribution in [3.8, 4) is 0 Å². The smallest absolute Gasteiger partial charge is 0.237 e. The highest BCUT2D eigenvalue weighted by Crippen LogP contribution is 2.36. The number of amides is 1. The second-order valence-corrected chi connectivity index (χ2v) is 5.19. The van der Waals surface area contributed by atoms with Gasteiger partial charge in [0.1, 0.15) is 0 Å². The van der Waals surface area contributed by atoms with Gasteiger partial charge in [0.15, 0.2) is 0 Å². The summed E-state index contributed by atoms with van der Waals surface area (Å²) < 4.78 is 1.04. The van der Waals surface area contributed by atoms with Crippen molar-refractivity contribution in [1.82, 2.24) is 0 Å². The summed E-state index contributed by atoms with van der Waals surface area (Å²) in [4.78, 5) is 12.4. The van der Waals surface area contributed by atoms with Crippen LogP contribution >= 0.6 is 27.7 Å². The van der Waals surface area contributed by atoms with Crippen molar-refractivity contribution in [2.75, 3.05) is 5.32 Å². The molecule has 1 N–H and O–H groups in total. The molecule has 0 fully saturated rings. The van der Waals surface area contributed by atoms with E-state index < -0.39 is 0 Å². The Morgan fingerprint density at radius 1 is 1.54 bits per heavy atom. The zero-order valence-electron chi connectivity index (χ0n) is 7.00. The Bertz CT molecular complexity index is 367. The molecule has 0 aromatic heterocycles. The first-order chi connectivity index (χ1) is 6.16. The highest BCUT2D eigenvalue weighted by Gasteiger charge is 2.22.